The Kier molecular flexibility index (Phi) is 8.59. The van der Waals surface area contributed by atoms with Crippen LogP contribution in [-0.4, -0.2) is 48.1 Å². The zero-order chi connectivity index (χ0) is 17.3. The molecule has 1 amide bonds. The van der Waals surface area contributed by atoms with Crippen molar-refractivity contribution in [3.8, 4) is 0 Å². The van der Waals surface area contributed by atoms with E-state index < -0.39 is 5.60 Å². The largest absolute Gasteiger partial charge is 0.444 e. The lowest BCUT2D eigenvalue weighted by molar-refractivity contribution is -0.125. The summed E-state index contributed by atoms with van der Waals surface area (Å²) in [6.07, 6.45) is 7.14. The predicted molar refractivity (Wildman–Crippen MR) is 92.6 cm³/mol. The molecule has 0 bridgehead atoms. The Bertz CT molecular complexity index is 377. The second-order valence-corrected chi connectivity index (χ2v) is 7.38. The summed E-state index contributed by atoms with van der Waals surface area (Å²) in [5.41, 5.74) is -0.533. The first kappa shape index (κ1) is 19.9. The molecule has 5 nitrogen and oxygen atoms in total. The van der Waals surface area contributed by atoms with Gasteiger partial charge < -0.3 is 10.1 Å². The molecular formula is C18H34N2O3. The first-order chi connectivity index (χ1) is 10.8. The molecule has 1 rings (SSSR count). The average molecular weight is 326 g/mol. The topological polar surface area (TPSA) is 58.6 Å². The minimum Gasteiger partial charge on any atom is -0.444 e. The van der Waals surface area contributed by atoms with Gasteiger partial charge in [0.25, 0.3) is 0 Å². The average Bonchev–Trinajstić information content (AvgIpc) is 2.49. The number of piperazine rings is 1. The Labute approximate surface area is 141 Å². The summed E-state index contributed by atoms with van der Waals surface area (Å²) >= 11 is 0. The van der Waals surface area contributed by atoms with Gasteiger partial charge in [-0.3, -0.25) is 9.69 Å². The molecule has 0 aromatic carbocycles. The van der Waals surface area contributed by atoms with Gasteiger partial charge in [0.15, 0.2) is 5.78 Å². The van der Waals surface area contributed by atoms with Gasteiger partial charge >= 0.3 is 6.09 Å². The standard InChI is InChI=1S/C18H34N2O3/c1-5-6-7-8-9-10-11-16(21)15-14-19-12-13-20(15)17(22)23-18(2,3)4/h15,19H,5-14H2,1-4H3. The SMILES string of the molecule is CCCCCCCCC(=O)C1CNCCN1C(=O)OC(C)(C)C. The molecule has 0 aliphatic carbocycles. The predicted octanol–water partition coefficient (Wildman–Crippen LogP) is 3.52. The van der Waals surface area contributed by atoms with Crippen molar-refractivity contribution >= 4 is 11.9 Å². The van der Waals surface area contributed by atoms with Gasteiger partial charge in [0, 0.05) is 26.1 Å². The van der Waals surface area contributed by atoms with Crippen molar-refractivity contribution in [1.82, 2.24) is 10.2 Å². The summed E-state index contributed by atoms with van der Waals surface area (Å²) in [5.74, 6) is 0.151. The van der Waals surface area contributed by atoms with E-state index in [1.165, 1.54) is 25.7 Å². The quantitative estimate of drug-likeness (QED) is 0.693. The summed E-state index contributed by atoms with van der Waals surface area (Å²) < 4.78 is 5.43. The zero-order valence-electron chi connectivity index (χ0n) is 15.3. The van der Waals surface area contributed by atoms with E-state index in [1.807, 2.05) is 20.8 Å². The molecule has 23 heavy (non-hydrogen) atoms. The number of amides is 1. The fourth-order valence-electron chi connectivity index (χ4n) is 2.78. The lowest BCUT2D eigenvalue weighted by Gasteiger charge is -2.36. The molecule has 1 atom stereocenters. The van der Waals surface area contributed by atoms with Crippen LogP contribution < -0.4 is 5.32 Å². The van der Waals surface area contributed by atoms with E-state index in [4.69, 9.17) is 4.74 Å². The zero-order valence-corrected chi connectivity index (χ0v) is 15.3. The number of carbonyl (C=O) groups excluding carboxylic acids is 2. The second-order valence-electron chi connectivity index (χ2n) is 7.38. The molecule has 1 unspecified atom stereocenters. The van der Waals surface area contributed by atoms with Crippen LogP contribution in [0.1, 0.15) is 72.6 Å². The van der Waals surface area contributed by atoms with Crippen LogP contribution in [0.3, 0.4) is 0 Å². The van der Waals surface area contributed by atoms with E-state index in [2.05, 4.69) is 12.2 Å². The molecule has 1 N–H and O–H groups in total. The van der Waals surface area contributed by atoms with Crippen LogP contribution in [-0.2, 0) is 9.53 Å². The van der Waals surface area contributed by atoms with Crippen molar-refractivity contribution in [3.05, 3.63) is 0 Å². The van der Waals surface area contributed by atoms with Crippen LogP contribution in [0.15, 0.2) is 0 Å². The van der Waals surface area contributed by atoms with Gasteiger partial charge in [-0.15, -0.1) is 0 Å². The van der Waals surface area contributed by atoms with Crippen LogP contribution in [0.2, 0.25) is 0 Å². The molecular weight excluding hydrogens is 292 g/mol. The van der Waals surface area contributed by atoms with E-state index in [0.717, 1.165) is 12.8 Å². The number of ether oxygens (including phenoxy) is 1. The minimum absolute atomic E-state index is 0.151. The van der Waals surface area contributed by atoms with Crippen LogP contribution >= 0.6 is 0 Å². The maximum atomic E-state index is 12.5. The summed E-state index contributed by atoms with van der Waals surface area (Å²) in [5, 5.41) is 3.21. The van der Waals surface area contributed by atoms with Crippen molar-refractivity contribution in [2.24, 2.45) is 0 Å². The van der Waals surface area contributed by atoms with E-state index in [1.54, 1.807) is 4.90 Å². The number of rotatable bonds is 8. The lowest BCUT2D eigenvalue weighted by Crippen LogP contribution is -2.57. The van der Waals surface area contributed by atoms with Crippen molar-refractivity contribution in [1.29, 1.82) is 0 Å². The first-order valence-corrected chi connectivity index (χ1v) is 9.08. The van der Waals surface area contributed by atoms with Crippen LogP contribution in [0.4, 0.5) is 4.79 Å². The van der Waals surface area contributed by atoms with Crippen molar-refractivity contribution in [2.45, 2.75) is 84.3 Å². The van der Waals surface area contributed by atoms with Crippen LogP contribution in [0.25, 0.3) is 0 Å². The smallest absolute Gasteiger partial charge is 0.410 e. The molecule has 0 aromatic heterocycles. The monoisotopic (exact) mass is 326 g/mol. The maximum absolute atomic E-state index is 12.5. The number of ketones is 1. The fourth-order valence-corrected chi connectivity index (χ4v) is 2.78. The number of Topliss-reactive ketones (excluding diaryl/α,β-unsaturated/α-hetero) is 1. The Morgan fingerprint density at radius 1 is 1.13 bits per heavy atom. The molecule has 0 saturated carbocycles. The number of hydrogen-bond donors (Lipinski definition) is 1. The van der Waals surface area contributed by atoms with Crippen molar-refractivity contribution < 1.29 is 14.3 Å². The highest BCUT2D eigenvalue weighted by Crippen LogP contribution is 2.16. The van der Waals surface area contributed by atoms with Gasteiger partial charge in [-0.1, -0.05) is 39.0 Å². The van der Waals surface area contributed by atoms with E-state index in [0.29, 0.717) is 26.1 Å². The maximum Gasteiger partial charge on any atom is 0.410 e. The normalized spacial score (nSPS) is 18.8. The number of nitrogens with one attached hydrogen (secondary N) is 1. The minimum atomic E-state index is -0.533. The van der Waals surface area contributed by atoms with Crippen molar-refractivity contribution in [3.63, 3.8) is 0 Å². The highest BCUT2D eigenvalue weighted by atomic mass is 16.6. The first-order valence-electron chi connectivity index (χ1n) is 9.08. The molecule has 1 fully saturated rings. The highest BCUT2D eigenvalue weighted by molar-refractivity contribution is 5.88. The van der Waals surface area contributed by atoms with Gasteiger partial charge in [-0.05, 0) is 27.2 Å². The van der Waals surface area contributed by atoms with E-state index in [-0.39, 0.29) is 17.9 Å². The molecule has 1 aliphatic rings. The number of unbranched alkanes of at least 4 members (excludes halogenated alkanes) is 5. The molecule has 1 aliphatic heterocycles. The summed E-state index contributed by atoms with van der Waals surface area (Å²) in [4.78, 5) is 26.4. The van der Waals surface area contributed by atoms with Gasteiger partial charge in [-0.25, -0.2) is 4.79 Å². The van der Waals surface area contributed by atoms with Crippen LogP contribution in [0.5, 0.6) is 0 Å². The van der Waals surface area contributed by atoms with E-state index >= 15 is 0 Å². The molecule has 1 heterocycles. The Balaban J connectivity index is 2.44. The third kappa shape index (κ3) is 7.82. The Morgan fingerprint density at radius 2 is 1.78 bits per heavy atom. The highest BCUT2D eigenvalue weighted by Gasteiger charge is 2.34. The molecule has 1 saturated heterocycles. The molecule has 0 aromatic rings. The molecule has 5 heteroatoms. The number of carbonyl (C=O) groups is 2. The Morgan fingerprint density at radius 3 is 2.43 bits per heavy atom. The summed E-state index contributed by atoms with van der Waals surface area (Å²) in [6.45, 7) is 9.52. The molecule has 134 valence electrons. The third-order valence-electron chi connectivity index (χ3n) is 4.02. The van der Waals surface area contributed by atoms with Gasteiger partial charge in [-0.2, -0.15) is 0 Å². The molecule has 0 radical (unpaired) electrons. The van der Waals surface area contributed by atoms with Gasteiger partial charge in [0.05, 0.1) is 0 Å². The number of hydrogen-bond acceptors (Lipinski definition) is 4. The van der Waals surface area contributed by atoms with Gasteiger partial charge in [0.1, 0.15) is 11.6 Å². The second kappa shape index (κ2) is 9.91. The van der Waals surface area contributed by atoms with Crippen molar-refractivity contribution in [2.75, 3.05) is 19.6 Å². The molecule has 0 spiro atoms. The fraction of sp³-hybridized carbons (Fsp3) is 0.889. The third-order valence-corrected chi connectivity index (χ3v) is 4.02. The number of nitrogens with zero attached hydrogens (tertiary/aromatic N) is 1. The lowest BCUT2D eigenvalue weighted by atomic mass is 10.0. The van der Waals surface area contributed by atoms with E-state index in [9.17, 15) is 9.59 Å². The van der Waals surface area contributed by atoms with Gasteiger partial charge in [0.2, 0.25) is 0 Å². The summed E-state index contributed by atoms with van der Waals surface area (Å²) in [6, 6.07) is -0.380. The summed E-state index contributed by atoms with van der Waals surface area (Å²) in [7, 11) is 0. The van der Waals surface area contributed by atoms with Crippen LogP contribution in [0, 0.1) is 0 Å². The Hall–Kier alpha value is -1.10.